The first-order chi connectivity index (χ1) is 10.5. The number of nitrogens with zero attached hydrogens (tertiary/aromatic N) is 1. The molecule has 0 unspecified atom stereocenters. The molecular weight excluding hydrogens is 291 g/mol. The lowest BCUT2D eigenvalue weighted by Gasteiger charge is -2.14. The van der Waals surface area contributed by atoms with Gasteiger partial charge in [-0.1, -0.05) is 12.1 Å². The minimum Gasteiger partial charge on any atom is -0.480 e. The van der Waals surface area contributed by atoms with Gasteiger partial charge in [0, 0.05) is 24.9 Å². The van der Waals surface area contributed by atoms with Crippen LogP contribution in [0.5, 0.6) is 0 Å². The summed E-state index contributed by atoms with van der Waals surface area (Å²) in [5.74, 6) is -1.51. The Morgan fingerprint density at radius 1 is 1.32 bits per heavy atom. The Labute approximate surface area is 125 Å². The van der Waals surface area contributed by atoms with Gasteiger partial charge in [0.1, 0.15) is 11.9 Å². The van der Waals surface area contributed by atoms with Gasteiger partial charge in [-0.15, -0.1) is 0 Å². The molecule has 2 aromatic rings. The molecule has 0 saturated carbocycles. The molecule has 116 valence electrons. The maximum atomic E-state index is 12.8. The summed E-state index contributed by atoms with van der Waals surface area (Å²) in [5.41, 5.74) is 1.31. The number of carboxylic acids is 1. The van der Waals surface area contributed by atoms with Gasteiger partial charge in [-0.25, -0.2) is 19.0 Å². The Balaban J connectivity index is 1.85. The number of halogens is 1. The molecule has 0 aliphatic carbocycles. The third kappa shape index (κ3) is 4.58. The summed E-state index contributed by atoms with van der Waals surface area (Å²) in [6, 6.07) is 3.95. The summed E-state index contributed by atoms with van der Waals surface area (Å²) in [4.78, 5) is 29.5. The van der Waals surface area contributed by atoms with Crippen molar-refractivity contribution in [2.75, 3.05) is 0 Å². The van der Waals surface area contributed by atoms with E-state index in [-0.39, 0.29) is 18.8 Å². The molecule has 1 heterocycles. The molecule has 0 spiro atoms. The summed E-state index contributed by atoms with van der Waals surface area (Å²) >= 11 is 0. The van der Waals surface area contributed by atoms with Gasteiger partial charge in [0.2, 0.25) is 0 Å². The van der Waals surface area contributed by atoms with Crippen LogP contribution in [0.25, 0.3) is 0 Å². The number of hydrogen-bond donors (Lipinski definition) is 4. The Bertz CT molecular complexity index is 628. The molecule has 2 amide bonds. The second-order valence-electron chi connectivity index (χ2n) is 4.63. The van der Waals surface area contributed by atoms with Crippen LogP contribution in [0.2, 0.25) is 0 Å². The van der Waals surface area contributed by atoms with E-state index >= 15 is 0 Å². The maximum Gasteiger partial charge on any atom is 0.326 e. The van der Waals surface area contributed by atoms with Crippen LogP contribution in [0.1, 0.15) is 11.3 Å². The molecule has 8 heteroatoms. The number of amides is 2. The quantitative estimate of drug-likeness (QED) is 0.639. The number of aromatic amines is 1. The van der Waals surface area contributed by atoms with E-state index in [9.17, 15) is 14.0 Å². The second-order valence-corrected chi connectivity index (χ2v) is 4.63. The van der Waals surface area contributed by atoms with Crippen LogP contribution in [0.4, 0.5) is 9.18 Å². The first-order valence-corrected chi connectivity index (χ1v) is 6.53. The lowest BCUT2D eigenvalue weighted by molar-refractivity contribution is -0.139. The van der Waals surface area contributed by atoms with Gasteiger partial charge in [0.15, 0.2) is 0 Å². The minimum atomic E-state index is -1.15. The third-order valence-electron chi connectivity index (χ3n) is 2.95. The average molecular weight is 306 g/mol. The smallest absolute Gasteiger partial charge is 0.326 e. The van der Waals surface area contributed by atoms with Crippen LogP contribution in [0, 0.1) is 5.82 Å². The highest BCUT2D eigenvalue weighted by Gasteiger charge is 2.20. The van der Waals surface area contributed by atoms with E-state index in [0.717, 1.165) is 0 Å². The molecule has 2 rings (SSSR count). The predicted octanol–water partition coefficient (Wildman–Crippen LogP) is 1.04. The number of H-pyrrole nitrogens is 1. The summed E-state index contributed by atoms with van der Waals surface area (Å²) in [6.45, 7) is 0.169. The number of imidazole rings is 1. The highest BCUT2D eigenvalue weighted by molar-refractivity contribution is 5.82. The normalized spacial score (nSPS) is 11.7. The van der Waals surface area contributed by atoms with E-state index in [1.54, 1.807) is 0 Å². The van der Waals surface area contributed by atoms with Crippen molar-refractivity contribution in [1.29, 1.82) is 0 Å². The van der Waals surface area contributed by atoms with Gasteiger partial charge in [-0.05, 0) is 17.7 Å². The highest BCUT2D eigenvalue weighted by atomic mass is 19.1. The number of carboxylic acid groups (broad SMARTS) is 1. The van der Waals surface area contributed by atoms with Crippen molar-refractivity contribution in [1.82, 2.24) is 20.6 Å². The van der Waals surface area contributed by atoms with Crippen LogP contribution in [0.3, 0.4) is 0 Å². The Morgan fingerprint density at radius 2 is 2.05 bits per heavy atom. The number of carbonyl (C=O) groups excluding carboxylic acids is 1. The Hall–Kier alpha value is -2.90. The number of aromatic nitrogens is 2. The molecule has 1 aromatic carbocycles. The minimum absolute atomic E-state index is 0.0965. The Kier molecular flexibility index (Phi) is 5.07. The van der Waals surface area contributed by atoms with Gasteiger partial charge < -0.3 is 20.7 Å². The standard InChI is InChI=1S/C14H15FN4O3/c15-10-3-1-9(2-4-10)6-17-14(22)19-12(13(20)21)5-11-7-16-8-18-11/h1-4,7-8,12H,5-6H2,(H,16,18)(H,20,21)(H2,17,19,22)/t12-/m1/s1. The molecule has 1 atom stereocenters. The molecule has 0 bridgehead atoms. The van der Waals surface area contributed by atoms with Crippen LogP contribution in [-0.4, -0.2) is 33.1 Å². The molecule has 7 nitrogen and oxygen atoms in total. The van der Waals surface area contributed by atoms with Crippen molar-refractivity contribution in [2.24, 2.45) is 0 Å². The number of hydrogen-bond acceptors (Lipinski definition) is 3. The van der Waals surface area contributed by atoms with Crippen molar-refractivity contribution < 1.29 is 19.1 Å². The lowest BCUT2D eigenvalue weighted by atomic mass is 10.1. The fourth-order valence-corrected chi connectivity index (χ4v) is 1.81. The van der Waals surface area contributed by atoms with E-state index in [1.807, 2.05) is 0 Å². The van der Waals surface area contributed by atoms with Crippen molar-refractivity contribution in [3.63, 3.8) is 0 Å². The van der Waals surface area contributed by atoms with Crippen molar-refractivity contribution >= 4 is 12.0 Å². The number of aliphatic carboxylic acids is 1. The van der Waals surface area contributed by atoms with Gasteiger partial charge in [-0.3, -0.25) is 0 Å². The number of carbonyl (C=O) groups is 2. The third-order valence-corrected chi connectivity index (χ3v) is 2.95. The monoisotopic (exact) mass is 306 g/mol. The zero-order chi connectivity index (χ0) is 15.9. The van der Waals surface area contributed by atoms with E-state index < -0.39 is 18.0 Å². The zero-order valence-electron chi connectivity index (χ0n) is 11.5. The lowest BCUT2D eigenvalue weighted by Crippen LogP contribution is -2.46. The van der Waals surface area contributed by atoms with Crippen LogP contribution >= 0.6 is 0 Å². The predicted molar refractivity (Wildman–Crippen MR) is 75.5 cm³/mol. The molecule has 1 aromatic heterocycles. The second kappa shape index (κ2) is 7.21. The summed E-state index contributed by atoms with van der Waals surface area (Å²) in [5, 5.41) is 14.0. The van der Waals surface area contributed by atoms with Crippen LogP contribution in [0.15, 0.2) is 36.8 Å². The maximum absolute atomic E-state index is 12.8. The number of benzene rings is 1. The molecule has 0 fully saturated rings. The number of rotatable bonds is 6. The molecule has 0 radical (unpaired) electrons. The van der Waals surface area contributed by atoms with Crippen LogP contribution < -0.4 is 10.6 Å². The molecule has 0 saturated heterocycles. The van der Waals surface area contributed by atoms with E-state index in [1.165, 1.54) is 36.8 Å². The summed E-state index contributed by atoms with van der Waals surface area (Å²) in [7, 11) is 0. The van der Waals surface area contributed by atoms with Gasteiger partial charge >= 0.3 is 12.0 Å². The topological polar surface area (TPSA) is 107 Å². The fraction of sp³-hybridized carbons (Fsp3) is 0.214. The van der Waals surface area contributed by atoms with E-state index in [2.05, 4.69) is 20.6 Å². The number of urea groups is 1. The Morgan fingerprint density at radius 3 is 2.64 bits per heavy atom. The largest absolute Gasteiger partial charge is 0.480 e. The SMILES string of the molecule is O=C(NCc1ccc(F)cc1)N[C@H](Cc1cnc[nH]1)C(=O)O. The van der Waals surface area contributed by atoms with Gasteiger partial charge in [0.25, 0.3) is 0 Å². The first-order valence-electron chi connectivity index (χ1n) is 6.53. The molecule has 0 aliphatic rings. The van der Waals surface area contributed by atoms with E-state index in [0.29, 0.717) is 11.3 Å². The average Bonchev–Trinajstić information content (AvgIpc) is 2.99. The zero-order valence-corrected chi connectivity index (χ0v) is 11.5. The van der Waals surface area contributed by atoms with Crippen molar-refractivity contribution in [3.05, 3.63) is 53.9 Å². The molecule has 22 heavy (non-hydrogen) atoms. The molecule has 0 aliphatic heterocycles. The van der Waals surface area contributed by atoms with E-state index in [4.69, 9.17) is 5.11 Å². The van der Waals surface area contributed by atoms with Gasteiger partial charge in [0.05, 0.1) is 6.33 Å². The summed E-state index contributed by atoms with van der Waals surface area (Å²) in [6.07, 6.45) is 3.02. The highest BCUT2D eigenvalue weighted by Crippen LogP contribution is 2.02. The first kappa shape index (κ1) is 15.5. The van der Waals surface area contributed by atoms with Crippen LogP contribution in [-0.2, 0) is 17.8 Å². The number of nitrogens with one attached hydrogen (secondary N) is 3. The van der Waals surface area contributed by atoms with Crippen molar-refractivity contribution in [3.8, 4) is 0 Å². The molecule has 4 N–H and O–H groups in total. The fourth-order valence-electron chi connectivity index (χ4n) is 1.81. The summed E-state index contributed by atoms with van der Waals surface area (Å²) < 4.78 is 12.8. The van der Waals surface area contributed by atoms with Crippen molar-refractivity contribution in [2.45, 2.75) is 19.0 Å². The molecular formula is C14H15FN4O3. The van der Waals surface area contributed by atoms with Gasteiger partial charge in [-0.2, -0.15) is 0 Å².